The molecule has 6 heteroatoms. The molecule has 0 aromatic carbocycles. The zero-order chi connectivity index (χ0) is 13.1. The van der Waals surface area contributed by atoms with E-state index in [2.05, 4.69) is 9.97 Å². The molecule has 1 aliphatic heterocycles. The fraction of sp³-hybridized carbons (Fsp3) is 0.583. The van der Waals surface area contributed by atoms with E-state index >= 15 is 0 Å². The lowest BCUT2D eigenvalue weighted by Crippen LogP contribution is -2.14. The number of carboxylic acid groups (broad SMARTS) is 1. The first-order valence-electron chi connectivity index (χ1n) is 5.83. The van der Waals surface area contributed by atoms with E-state index in [-0.39, 0.29) is 6.42 Å². The highest BCUT2D eigenvalue weighted by Crippen LogP contribution is 2.35. The second kappa shape index (κ2) is 5.93. The van der Waals surface area contributed by atoms with Crippen molar-refractivity contribution in [3.8, 4) is 0 Å². The van der Waals surface area contributed by atoms with Crippen LogP contribution in [-0.4, -0.2) is 38.3 Å². The van der Waals surface area contributed by atoms with E-state index in [1.165, 1.54) is 5.75 Å². The Balaban J connectivity index is 2.26. The van der Waals surface area contributed by atoms with Crippen molar-refractivity contribution in [1.29, 1.82) is 0 Å². The molecule has 1 aromatic rings. The van der Waals surface area contributed by atoms with Gasteiger partial charge in [-0.25, -0.2) is 9.97 Å². The van der Waals surface area contributed by atoms with Crippen LogP contribution in [0, 0.1) is 13.8 Å². The van der Waals surface area contributed by atoms with Gasteiger partial charge in [0, 0.05) is 34.2 Å². The molecule has 1 aromatic heterocycles. The number of hydrogen-bond acceptors (Lipinski definition) is 5. The number of aryl methyl sites for hydroxylation is 2. The van der Waals surface area contributed by atoms with Gasteiger partial charge in [-0.05, 0) is 13.8 Å². The van der Waals surface area contributed by atoms with Crippen molar-refractivity contribution in [3.05, 3.63) is 22.8 Å². The lowest BCUT2D eigenvalue weighted by atomic mass is 10.1. The predicted octanol–water partition coefficient (Wildman–Crippen LogP) is 2.24. The Morgan fingerprint density at radius 1 is 1.33 bits per heavy atom. The number of carboxylic acids is 1. The SMILES string of the molecule is Cc1nc(C2CSCCS2)nc(C)c1CC(=O)O. The number of rotatable bonds is 3. The van der Waals surface area contributed by atoms with Crippen LogP contribution < -0.4 is 0 Å². The Labute approximate surface area is 115 Å². The molecule has 1 N–H and O–H groups in total. The summed E-state index contributed by atoms with van der Waals surface area (Å²) in [6.45, 7) is 3.74. The van der Waals surface area contributed by atoms with Gasteiger partial charge in [-0.3, -0.25) is 4.79 Å². The third-order valence-electron chi connectivity index (χ3n) is 2.87. The van der Waals surface area contributed by atoms with Crippen molar-refractivity contribution in [2.45, 2.75) is 25.5 Å². The minimum atomic E-state index is -0.833. The molecule has 0 amide bonds. The summed E-state index contributed by atoms with van der Waals surface area (Å²) in [4.78, 5) is 19.8. The Bertz CT molecular complexity index is 436. The molecule has 4 nitrogen and oxygen atoms in total. The van der Waals surface area contributed by atoms with E-state index in [1.54, 1.807) is 0 Å². The average Bonchev–Trinajstić information content (AvgIpc) is 2.34. The predicted molar refractivity (Wildman–Crippen MR) is 75.4 cm³/mol. The summed E-state index contributed by atoms with van der Waals surface area (Å²) in [6.07, 6.45) is 0.00447. The van der Waals surface area contributed by atoms with Crippen LogP contribution in [-0.2, 0) is 11.2 Å². The van der Waals surface area contributed by atoms with Crippen LogP contribution in [0.5, 0.6) is 0 Å². The molecule has 0 spiro atoms. The van der Waals surface area contributed by atoms with Crippen molar-refractivity contribution in [2.24, 2.45) is 0 Å². The van der Waals surface area contributed by atoms with E-state index in [9.17, 15) is 4.79 Å². The van der Waals surface area contributed by atoms with Crippen LogP contribution in [0.2, 0.25) is 0 Å². The standard InChI is InChI=1S/C12H16N2O2S2/c1-7-9(5-11(15)16)8(2)14-12(13-7)10-6-17-3-4-18-10/h10H,3-6H2,1-2H3,(H,15,16). The molecule has 1 unspecified atom stereocenters. The van der Waals surface area contributed by atoms with Gasteiger partial charge >= 0.3 is 5.97 Å². The van der Waals surface area contributed by atoms with Crippen LogP contribution in [0.25, 0.3) is 0 Å². The number of aromatic nitrogens is 2. The lowest BCUT2D eigenvalue weighted by molar-refractivity contribution is -0.136. The lowest BCUT2D eigenvalue weighted by Gasteiger charge is -2.21. The fourth-order valence-corrected chi connectivity index (χ4v) is 4.55. The van der Waals surface area contributed by atoms with Crippen LogP contribution in [0.15, 0.2) is 0 Å². The first kappa shape index (κ1) is 13.7. The Hall–Kier alpha value is -0.750. The summed E-state index contributed by atoms with van der Waals surface area (Å²) in [5.74, 6) is 3.39. The smallest absolute Gasteiger partial charge is 0.307 e. The second-order valence-electron chi connectivity index (χ2n) is 4.24. The zero-order valence-electron chi connectivity index (χ0n) is 10.5. The maximum Gasteiger partial charge on any atom is 0.307 e. The molecule has 0 aliphatic carbocycles. The van der Waals surface area contributed by atoms with Gasteiger partial charge in [0.25, 0.3) is 0 Å². The molecule has 1 fully saturated rings. The first-order chi connectivity index (χ1) is 8.58. The van der Waals surface area contributed by atoms with Gasteiger partial charge in [0.2, 0.25) is 0 Å². The van der Waals surface area contributed by atoms with Crippen molar-refractivity contribution in [2.75, 3.05) is 17.3 Å². The highest BCUT2D eigenvalue weighted by atomic mass is 32.2. The minimum Gasteiger partial charge on any atom is -0.481 e. The topological polar surface area (TPSA) is 63.1 Å². The minimum absolute atomic E-state index is 0.00447. The van der Waals surface area contributed by atoms with Crippen LogP contribution in [0.4, 0.5) is 0 Å². The van der Waals surface area contributed by atoms with E-state index < -0.39 is 5.97 Å². The van der Waals surface area contributed by atoms with Gasteiger partial charge in [-0.15, -0.1) is 11.8 Å². The highest BCUT2D eigenvalue weighted by molar-refractivity contribution is 8.06. The molecule has 18 heavy (non-hydrogen) atoms. The Morgan fingerprint density at radius 3 is 2.50 bits per heavy atom. The molecule has 1 atom stereocenters. The monoisotopic (exact) mass is 284 g/mol. The van der Waals surface area contributed by atoms with E-state index in [0.29, 0.717) is 5.25 Å². The maximum atomic E-state index is 10.8. The third kappa shape index (κ3) is 3.17. The Kier molecular flexibility index (Phi) is 4.50. The summed E-state index contributed by atoms with van der Waals surface area (Å²) >= 11 is 3.82. The fourth-order valence-electron chi connectivity index (χ4n) is 1.95. The summed E-state index contributed by atoms with van der Waals surface area (Å²) in [5.41, 5.74) is 2.35. The second-order valence-corrected chi connectivity index (χ2v) is 6.70. The molecule has 0 bridgehead atoms. The van der Waals surface area contributed by atoms with Gasteiger partial charge in [0.05, 0.1) is 11.7 Å². The quantitative estimate of drug-likeness (QED) is 0.918. The first-order valence-corrected chi connectivity index (χ1v) is 8.03. The summed E-state index contributed by atoms with van der Waals surface area (Å²) < 4.78 is 0. The van der Waals surface area contributed by atoms with Crippen molar-refractivity contribution in [3.63, 3.8) is 0 Å². The summed E-state index contributed by atoms with van der Waals surface area (Å²) in [7, 11) is 0. The van der Waals surface area contributed by atoms with Crippen molar-refractivity contribution < 1.29 is 9.90 Å². The summed E-state index contributed by atoms with van der Waals surface area (Å²) in [6, 6.07) is 0. The maximum absolute atomic E-state index is 10.8. The van der Waals surface area contributed by atoms with Crippen LogP contribution in [0.1, 0.15) is 28.0 Å². The van der Waals surface area contributed by atoms with Crippen LogP contribution >= 0.6 is 23.5 Å². The van der Waals surface area contributed by atoms with Gasteiger partial charge in [-0.1, -0.05) is 0 Å². The molecule has 0 radical (unpaired) electrons. The van der Waals surface area contributed by atoms with Gasteiger partial charge < -0.3 is 5.11 Å². The number of hydrogen-bond donors (Lipinski definition) is 1. The van der Waals surface area contributed by atoms with E-state index in [1.807, 2.05) is 37.4 Å². The average molecular weight is 284 g/mol. The number of nitrogens with zero attached hydrogens (tertiary/aromatic N) is 2. The van der Waals surface area contributed by atoms with Crippen LogP contribution in [0.3, 0.4) is 0 Å². The normalized spacial score (nSPS) is 19.8. The van der Waals surface area contributed by atoms with Crippen molar-refractivity contribution in [1.82, 2.24) is 9.97 Å². The largest absolute Gasteiger partial charge is 0.481 e. The Morgan fingerprint density at radius 2 is 2.00 bits per heavy atom. The third-order valence-corrected chi connectivity index (χ3v) is 5.62. The molecular formula is C12H16N2O2S2. The number of aliphatic carboxylic acids is 1. The van der Waals surface area contributed by atoms with E-state index in [4.69, 9.17) is 5.11 Å². The van der Waals surface area contributed by atoms with Gasteiger partial charge in [-0.2, -0.15) is 11.8 Å². The number of carbonyl (C=O) groups is 1. The van der Waals surface area contributed by atoms with Crippen molar-refractivity contribution >= 4 is 29.5 Å². The summed E-state index contributed by atoms with van der Waals surface area (Å²) in [5, 5.41) is 9.22. The van der Waals surface area contributed by atoms with Gasteiger partial charge in [0.1, 0.15) is 5.82 Å². The van der Waals surface area contributed by atoms with Gasteiger partial charge in [0.15, 0.2) is 0 Å². The molecule has 0 saturated carbocycles. The molecule has 1 saturated heterocycles. The molecule has 2 heterocycles. The van der Waals surface area contributed by atoms with E-state index in [0.717, 1.165) is 34.3 Å². The molecule has 2 rings (SSSR count). The molecule has 1 aliphatic rings. The number of thioether (sulfide) groups is 2. The molecule has 98 valence electrons. The highest BCUT2D eigenvalue weighted by Gasteiger charge is 2.21. The zero-order valence-corrected chi connectivity index (χ0v) is 12.1. The molecular weight excluding hydrogens is 268 g/mol.